The van der Waals surface area contributed by atoms with Gasteiger partial charge in [0.1, 0.15) is 12.0 Å². The molecule has 3 aromatic carbocycles. The second kappa shape index (κ2) is 10.3. The van der Waals surface area contributed by atoms with E-state index in [-0.39, 0.29) is 23.8 Å². The van der Waals surface area contributed by atoms with Crippen molar-refractivity contribution >= 4 is 17.5 Å². The lowest BCUT2D eigenvalue weighted by Gasteiger charge is -2.27. The normalized spacial score (nSPS) is 14.8. The average molecular weight is 448 g/mol. The van der Waals surface area contributed by atoms with Gasteiger partial charge in [-0.25, -0.2) is 4.39 Å². The lowest BCUT2D eigenvalue weighted by Crippen LogP contribution is -2.33. The Morgan fingerprint density at radius 1 is 1.06 bits per heavy atom. The van der Waals surface area contributed by atoms with Gasteiger partial charge < -0.3 is 20.3 Å². The zero-order valence-corrected chi connectivity index (χ0v) is 18.4. The van der Waals surface area contributed by atoms with Gasteiger partial charge in [0.25, 0.3) is 11.8 Å². The summed E-state index contributed by atoms with van der Waals surface area (Å²) < 4.78 is 18.2. The molecule has 1 heterocycles. The maximum Gasteiger partial charge on any atom is 0.256 e. The van der Waals surface area contributed by atoms with Gasteiger partial charge in [0.05, 0.1) is 0 Å². The third kappa shape index (κ3) is 5.21. The van der Waals surface area contributed by atoms with Gasteiger partial charge in [0.2, 0.25) is 0 Å². The molecule has 1 aliphatic rings. The molecular weight excluding hydrogens is 421 g/mol. The van der Waals surface area contributed by atoms with E-state index in [0.29, 0.717) is 30.8 Å². The third-order valence-corrected chi connectivity index (χ3v) is 5.60. The first kappa shape index (κ1) is 22.5. The molecule has 4 rings (SSSR count). The predicted molar refractivity (Wildman–Crippen MR) is 124 cm³/mol. The van der Waals surface area contributed by atoms with Crippen LogP contribution < -0.4 is 10.6 Å². The zero-order chi connectivity index (χ0) is 23.2. The number of benzene rings is 3. The van der Waals surface area contributed by atoms with Gasteiger partial charge in [0, 0.05) is 49.2 Å². The fraction of sp³-hybridized carbons (Fsp3) is 0.231. The highest BCUT2D eigenvalue weighted by Gasteiger charge is 2.36. The Hall–Kier alpha value is -3.71. The number of amides is 2. The van der Waals surface area contributed by atoms with Crippen LogP contribution in [0.1, 0.15) is 44.4 Å². The van der Waals surface area contributed by atoms with Crippen molar-refractivity contribution in [2.75, 3.05) is 25.6 Å². The van der Waals surface area contributed by atoms with Crippen molar-refractivity contribution in [1.29, 1.82) is 0 Å². The molecule has 0 radical (unpaired) electrons. The van der Waals surface area contributed by atoms with Crippen LogP contribution in [0, 0.1) is 5.82 Å². The highest BCUT2D eigenvalue weighted by Crippen LogP contribution is 2.34. The minimum absolute atomic E-state index is 0.0209. The molecule has 33 heavy (non-hydrogen) atoms. The molecule has 3 aromatic rings. The van der Waals surface area contributed by atoms with E-state index in [9.17, 15) is 14.0 Å². The fourth-order valence-electron chi connectivity index (χ4n) is 3.93. The van der Waals surface area contributed by atoms with Crippen molar-refractivity contribution in [3.05, 3.63) is 101 Å². The monoisotopic (exact) mass is 447 g/mol. The topological polar surface area (TPSA) is 70.7 Å². The molecule has 0 saturated carbocycles. The number of carbonyl (C=O) groups excluding carboxylic acids is 2. The first-order valence-corrected chi connectivity index (χ1v) is 10.8. The molecule has 0 saturated heterocycles. The summed E-state index contributed by atoms with van der Waals surface area (Å²) >= 11 is 0. The highest BCUT2D eigenvalue weighted by molar-refractivity contribution is 5.99. The summed E-state index contributed by atoms with van der Waals surface area (Å²) in [6.07, 6.45) is 0.392. The fourth-order valence-corrected chi connectivity index (χ4v) is 3.93. The predicted octanol–water partition coefficient (Wildman–Crippen LogP) is 4.36. The molecule has 0 aliphatic carbocycles. The second-order valence-electron chi connectivity index (χ2n) is 7.87. The maximum absolute atomic E-state index is 13.1. The Morgan fingerprint density at radius 2 is 1.85 bits per heavy atom. The van der Waals surface area contributed by atoms with Crippen LogP contribution in [0.25, 0.3) is 0 Å². The Bertz CT molecular complexity index is 1130. The molecule has 170 valence electrons. The molecule has 2 N–H and O–H groups in total. The molecule has 2 amide bonds. The average Bonchev–Trinajstić information content (AvgIpc) is 3.10. The molecule has 1 atom stereocenters. The lowest BCUT2D eigenvalue weighted by atomic mass is 10.1. The largest absolute Gasteiger partial charge is 0.385 e. The number of rotatable bonds is 9. The summed E-state index contributed by atoms with van der Waals surface area (Å²) in [7, 11) is 1.64. The van der Waals surface area contributed by atoms with E-state index in [1.54, 1.807) is 42.3 Å². The van der Waals surface area contributed by atoms with Crippen molar-refractivity contribution < 1.29 is 18.7 Å². The molecule has 0 spiro atoms. The van der Waals surface area contributed by atoms with E-state index in [1.165, 1.54) is 12.1 Å². The van der Waals surface area contributed by atoms with E-state index < -0.39 is 0 Å². The summed E-state index contributed by atoms with van der Waals surface area (Å²) in [6, 6.07) is 20.7. The van der Waals surface area contributed by atoms with Crippen LogP contribution in [0.2, 0.25) is 0 Å². The van der Waals surface area contributed by atoms with Gasteiger partial charge in [-0.3, -0.25) is 9.59 Å². The minimum Gasteiger partial charge on any atom is -0.385 e. The Labute approximate surface area is 192 Å². The quantitative estimate of drug-likeness (QED) is 0.478. The number of carbonyl (C=O) groups is 2. The number of nitrogens with one attached hydrogen (secondary N) is 2. The molecule has 1 unspecified atom stereocenters. The molecule has 0 aromatic heterocycles. The summed E-state index contributed by atoms with van der Waals surface area (Å²) in [5, 5.41) is 6.28. The second-order valence-corrected chi connectivity index (χ2v) is 7.87. The van der Waals surface area contributed by atoms with Gasteiger partial charge in [-0.05, 0) is 48.4 Å². The smallest absolute Gasteiger partial charge is 0.256 e. The van der Waals surface area contributed by atoms with E-state index in [0.717, 1.165) is 23.2 Å². The van der Waals surface area contributed by atoms with Crippen LogP contribution in [0.3, 0.4) is 0 Å². The van der Waals surface area contributed by atoms with Crippen molar-refractivity contribution in [2.45, 2.75) is 19.1 Å². The highest BCUT2D eigenvalue weighted by atomic mass is 19.1. The molecule has 7 heteroatoms. The zero-order valence-electron chi connectivity index (χ0n) is 18.4. The Morgan fingerprint density at radius 3 is 2.64 bits per heavy atom. The molecular formula is C26H26FN3O3. The summed E-state index contributed by atoms with van der Waals surface area (Å²) in [6.45, 7) is 1.42. The van der Waals surface area contributed by atoms with Crippen LogP contribution in [0.15, 0.2) is 72.8 Å². The SMILES string of the molecule is COCCCN1C(=O)c2ccccc2C1Nc1cccc(C(=O)NCc2ccc(F)cc2)c1. The Kier molecular flexibility index (Phi) is 7.00. The number of ether oxygens (including phenoxy) is 1. The number of halogens is 1. The number of methoxy groups -OCH3 is 1. The number of hydrogen-bond acceptors (Lipinski definition) is 4. The van der Waals surface area contributed by atoms with Crippen LogP contribution in [-0.4, -0.2) is 37.0 Å². The minimum atomic E-state index is -0.330. The van der Waals surface area contributed by atoms with Gasteiger partial charge in [-0.1, -0.05) is 36.4 Å². The molecule has 0 bridgehead atoms. The Balaban J connectivity index is 1.48. The first-order valence-electron chi connectivity index (χ1n) is 10.8. The first-order chi connectivity index (χ1) is 16.1. The molecule has 1 aliphatic heterocycles. The van der Waals surface area contributed by atoms with E-state index in [4.69, 9.17) is 4.74 Å². The third-order valence-electron chi connectivity index (χ3n) is 5.60. The van der Waals surface area contributed by atoms with Crippen LogP contribution >= 0.6 is 0 Å². The van der Waals surface area contributed by atoms with Crippen LogP contribution in [0.4, 0.5) is 10.1 Å². The van der Waals surface area contributed by atoms with Crippen LogP contribution in [0.5, 0.6) is 0 Å². The van der Waals surface area contributed by atoms with Gasteiger partial charge in [-0.15, -0.1) is 0 Å². The summed E-state index contributed by atoms with van der Waals surface area (Å²) in [5.74, 6) is -0.567. The van der Waals surface area contributed by atoms with Crippen molar-refractivity contribution in [3.8, 4) is 0 Å². The van der Waals surface area contributed by atoms with Gasteiger partial charge in [0.15, 0.2) is 0 Å². The van der Waals surface area contributed by atoms with Gasteiger partial charge in [-0.2, -0.15) is 0 Å². The van der Waals surface area contributed by atoms with E-state index in [2.05, 4.69) is 10.6 Å². The number of anilines is 1. The number of fused-ring (bicyclic) bond motifs is 1. The van der Waals surface area contributed by atoms with Crippen molar-refractivity contribution in [1.82, 2.24) is 10.2 Å². The van der Waals surface area contributed by atoms with Crippen molar-refractivity contribution in [2.24, 2.45) is 0 Å². The number of hydrogen-bond donors (Lipinski definition) is 2. The van der Waals surface area contributed by atoms with Crippen molar-refractivity contribution in [3.63, 3.8) is 0 Å². The van der Waals surface area contributed by atoms with Gasteiger partial charge >= 0.3 is 0 Å². The molecule has 0 fully saturated rings. The standard InChI is InChI=1S/C26H26FN3O3/c1-33-15-5-14-30-24(22-8-2-3-9-23(22)26(30)32)29-21-7-4-6-19(16-21)25(31)28-17-18-10-12-20(27)13-11-18/h2-4,6-13,16,24,29H,5,14-15,17H2,1H3,(H,28,31). The van der Waals surface area contributed by atoms with E-state index in [1.807, 2.05) is 30.3 Å². The maximum atomic E-state index is 13.1. The lowest BCUT2D eigenvalue weighted by molar-refractivity contribution is 0.0721. The van der Waals surface area contributed by atoms with Crippen LogP contribution in [-0.2, 0) is 11.3 Å². The number of nitrogens with zero attached hydrogens (tertiary/aromatic N) is 1. The summed E-state index contributed by atoms with van der Waals surface area (Å²) in [5.41, 5.74) is 3.62. The van der Waals surface area contributed by atoms with E-state index >= 15 is 0 Å². The summed E-state index contributed by atoms with van der Waals surface area (Å²) in [4.78, 5) is 27.4. The molecule has 6 nitrogen and oxygen atoms in total.